The van der Waals surface area contributed by atoms with E-state index in [-0.39, 0.29) is 5.82 Å². The zero-order valence-electron chi connectivity index (χ0n) is 9.78. The maximum absolute atomic E-state index is 13.1. The molecule has 3 nitrogen and oxygen atoms in total. The van der Waals surface area contributed by atoms with Crippen LogP contribution in [0.3, 0.4) is 0 Å². The second-order valence-corrected chi connectivity index (χ2v) is 4.12. The molecule has 1 heterocycles. The van der Waals surface area contributed by atoms with Gasteiger partial charge in [0, 0.05) is 29.0 Å². The predicted molar refractivity (Wildman–Crippen MR) is 69.5 cm³/mol. The second kappa shape index (κ2) is 5.69. The summed E-state index contributed by atoms with van der Waals surface area (Å²) in [5.41, 5.74) is 1.51. The minimum Gasteiger partial charge on any atom is -0.481 e. The molecular formula is C13H12ClFN2O. The Bertz CT molecular complexity index is 528. The summed E-state index contributed by atoms with van der Waals surface area (Å²) in [6, 6.07) is 8.01. The molecule has 0 radical (unpaired) electrons. The minimum absolute atomic E-state index is 0.357. The normalized spacial score (nSPS) is 10.2. The van der Waals surface area contributed by atoms with Crippen molar-refractivity contribution in [2.45, 2.75) is 6.54 Å². The van der Waals surface area contributed by atoms with Gasteiger partial charge >= 0.3 is 0 Å². The average molecular weight is 267 g/mol. The molecule has 0 fully saturated rings. The second-order valence-electron chi connectivity index (χ2n) is 3.68. The molecule has 0 bridgehead atoms. The number of nitrogens with one attached hydrogen (secondary N) is 1. The lowest BCUT2D eigenvalue weighted by atomic mass is 10.2. The molecule has 5 heteroatoms. The molecule has 2 aromatic rings. The number of benzene rings is 1. The van der Waals surface area contributed by atoms with E-state index in [9.17, 15) is 4.39 Å². The minimum atomic E-state index is -0.372. The van der Waals surface area contributed by atoms with Crippen molar-refractivity contribution in [1.82, 2.24) is 4.98 Å². The van der Waals surface area contributed by atoms with Crippen molar-refractivity contribution < 1.29 is 9.13 Å². The quantitative estimate of drug-likeness (QED) is 0.920. The van der Waals surface area contributed by atoms with Crippen molar-refractivity contribution in [1.29, 1.82) is 0 Å². The lowest BCUT2D eigenvalue weighted by molar-refractivity contribution is 0.393. The van der Waals surface area contributed by atoms with Crippen molar-refractivity contribution in [3.05, 3.63) is 52.9 Å². The van der Waals surface area contributed by atoms with E-state index >= 15 is 0 Å². The predicted octanol–water partition coefficient (Wildman–Crippen LogP) is 3.49. The largest absolute Gasteiger partial charge is 0.481 e. The first-order valence-electron chi connectivity index (χ1n) is 5.37. The first kappa shape index (κ1) is 12.6. The van der Waals surface area contributed by atoms with Crippen LogP contribution in [0.25, 0.3) is 0 Å². The van der Waals surface area contributed by atoms with Gasteiger partial charge in [0.2, 0.25) is 5.88 Å². The van der Waals surface area contributed by atoms with Gasteiger partial charge in [0.25, 0.3) is 0 Å². The SMILES string of the molecule is COc1ncccc1CNc1cc(F)cc(Cl)c1. The van der Waals surface area contributed by atoms with Crippen molar-refractivity contribution >= 4 is 17.3 Å². The fraction of sp³-hybridized carbons (Fsp3) is 0.154. The van der Waals surface area contributed by atoms with E-state index in [4.69, 9.17) is 16.3 Å². The Morgan fingerprint density at radius 1 is 1.39 bits per heavy atom. The van der Waals surface area contributed by atoms with E-state index < -0.39 is 0 Å². The molecule has 18 heavy (non-hydrogen) atoms. The van der Waals surface area contributed by atoms with Gasteiger partial charge in [0.15, 0.2) is 0 Å². The van der Waals surface area contributed by atoms with Crippen LogP contribution in [0.15, 0.2) is 36.5 Å². The topological polar surface area (TPSA) is 34.1 Å². The Morgan fingerprint density at radius 3 is 2.94 bits per heavy atom. The number of anilines is 1. The smallest absolute Gasteiger partial charge is 0.218 e. The molecule has 1 aromatic heterocycles. The maximum Gasteiger partial charge on any atom is 0.218 e. The fourth-order valence-electron chi connectivity index (χ4n) is 1.60. The molecule has 0 aliphatic rings. The van der Waals surface area contributed by atoms with E-state index in [1.807, 2.05) is 12.1 Å². The van der Waals surface area contributed by atoms with Crippen LogP contribution in [0, 0.1) is 5.82 Å². The molecule has 0 saturated carbocycles. The average Bonchev–Trinajstić information content (AvgIpc) is 2.35. The third kappa shape index (κ3) is 3.11. The highest BCUT2D eigenvalue weighted by molar-refractivity contribution is 6.30. The summed E-state index contributed by atoms with van der Waals surface area (Å²) < 4.78 is 18.3. The lowest BCUT2D eigenvalue weighted by Gasteiger charge is -2.09. The van der Waals surface area contributed by atoms with Crippen molar-refractivity contribution in [2.75, 3.05) is 12.4 Å². The van der Waals surface area contributed by atoms with Crippen LogP contribution < -0.4 is 10.1 Å². The van der Waals surface area contributed by atoms with Gasteiger partial charge in [-0.1, -0.05) is 17.7 Å². The van der Waals surface area contributed by atoms with Gasteiger partial charge in [0.1, 0.15) is 5.82 Å². The zero-order valence-corrected chi connectivity index (χ0v) is 10.5. The molecular weight excluding hydrogens is 255 g/mol. The summed E-state index contributed by atoms with van der Waals surface area (Å²) in [5.74, 6) is 0.177. The first-order chi connectivity index (χ1) is 8.69. The highest BCUT2D eigenvalue weighted by Gasteiger charge is 2.04. The molecule has 0 saturated heterocycles. The molecule has 0 amide bonds. The third-order valence-corrected chi connectivity index (χ3v) is 2.61. The highest BCUT2D eigenvalue weighted by atomic mass is 35.5. The van der Waals surface area contributed by atoms with E-state index in [1.54, 1.807) is 19.4 Å². The van der Waals surface area contributed by atoms with E-state index in [0.717, 1.165) is 5.56 Å². The van der Waals surface area contributed by atoms with E-state index in [0.29, 0.717) is 23.1 Å². The van der Waals surface area contributed by atoms with Crippen LogP contribution in [0.5, 0.6) is 5.88 Å². The van der Waals surface area contributed by atoms with Crippen molar-refractivity contribution in [3.8, 4) is 5.88 Å². The van der Waals surface area contributed by atoms with Crippen LogP contribution in [-0.4, -0.2) is 12.1 Å². The highest BCUT2D eigenvalue weighted by Crippen LogP contribution is 2.20. The first-order valence-corrected chi connectivity index (χ1v) is 5.74. The van der Waals surface area contributed by atoms with Crippen LogP contribution in [0.4, 0.5) is 10.1 Å². The number of ether oxygens (including phenoxy) is 1. The summed E-state index contributed by atoms with van der Waals surface area (Å²) >= 11 is 5.77. The number of aromatic nitrogens is 1. The standard InChI is InChI=1S/C13H12ClFN2O/c1-18-13-9(3-2-4-16-13)8-17-12-6-10(14)5-11(15)7-12/h2-7,17H,8H2,1H3. The van der Waals surface area contributed by atoms with Gasteiger partial charge in [0.05, 0.1) is 7.11 Å². The van der Waals surface area contributed by atoms with Crippen molar-refractivity contribution in [2.24, 2.45) is 0 Å². The Labute approximate surface area is 110 Å². The number of rotatable bonds is 4. The van der Waals surface area contributed by atoms with Gasteiger partial charge in [-0.2, -0.15) is 0 Å². The van der Waals surface area contributed by atoms with Gasteiger partial charge < -0.3 is 10.1 Å². The molecule has 2 rings (SSSR count). The molecule has 1 aromatic carbocycles. The molecule has 0 spiro atoms. The monoisotopic (exact) mass is 266 g/mol. The summed E-state index contributed by atoms with van der Waals surface area (Å²) in [5, 5.41) is 3.43. The number of nitrogens with zero attached hydrogens (tertiary/aromatic N) is 1. The number of pyridine rings is 1. The molecule has 0 aliphatic carbocycles. The molecule has 0 atom stereocenters. The molecule has 0 unspecified atom stereocenters. The fourth-order valence-corrected chi connectivity index (χ4v) is 1.82. The number of halogens is 2. The van der Waals surface area contributed by atoms with Crippen molar-refractivity contribution in [3.63, 3.8) is 0 Å². The van der Waals surface area contributed by atoms with Crippen LogP contribution in [0.1, 0.15) is 5.56 Å². The third-order valence-electron chi connectivity index (χ3n) is 2.39. The summed E-state index contributed by atoms with van der Waals surface area (Å²) in [6.07, 6.45) is 1.65. The van der Waals surface area contributed by atoms with Gasteiger partial charge in [-0.3, -0.25) is 0 Å². The van der Waals surface area contributed by atoms with E-state index in [2.05, 4.69) is 10.3 Å². The van der Waals surface area contributed by atoms with Crippen LogP contribution in [-0.2, 0) is 6.54 Å². The van der Waals surface area contributed by atoms with E-state index in [1.165, 1.54) is 12.1 Å². The molecule has 1 N–H and O–H groups in total. The van der Waals surface area contributed by atoms with Gasteiger partial charge in [-0.15, -0.1) is 0 Å². The van der Waals surface area contributed by atoms with Crippen LogP contribution in [0.2, 0.25) is 5.02 Å². The number of hydrogen-bond acceptors (Lipinski definition) is 3. The molecule has 94 valence electrons. The summed E-state index contributed by atoms with van der Waals surface area (Å²) in [4.78, 5) is 4.08. The summed E-state index contributed by atoms with van der Waals surface area (Å²) in [6.45, 7) is 0.483. The van der Waals surface area contributed by atoms with Crippen LogP contribution >= 0.6 is 11.6 Å². The molecule has 0 aliphatic heterocycles. The van der Waals surface area contributed by atoms with Gasteiger partial charge in [-0.05, 0) is 24.3 Å². The Kier molecular flexibility index (Phi) is 3.99. The Hall–Kier alpha value is -1.81. The Morgan fingerprint density at radius 2 is 2.22 bits per heavy atom. The Balaban J connectivity index is 2.11. The number of hydrogen-bond donors (Lipinski definition) is 1. The zero-order chi connectivity index (χ0) is 13.0. The summed E-state index contributed by atoms with van der Waals surface area (Å²) in [7, 11) is 1.56. The van der Waals surface area contributed by atoms with Gasteiger partial charge in [-0.25, -0.2) is 9.37 Å². The lowest BCUT2D eigenvalue weighted by Crippen LogP contribution is -2.03. The maximum atomic E-state index is 13.1. The number of methoxy groups -OCH3 is 1.